The van der Waals surface area contributed by atoms with Crippen LogP contribution >= 0.6 is 0 Å². The Hall–Kier alpha value is -1.64. The molecule has 0 bridgehead atoms. The molecule has 2 rings (SSSR count). The lowest BCUT2D eigenvalue weighted by molar-refractivity contribution is -0.314. The molecule has 0 saturated carbocycles. The molecule has 0 amide bonds. The molecule has 0 radical (unpaired) electrons. The fraction of sp³-hybridized carbons (Fsp3) is 0.294. The highest BCUT2D eigenvalue weighted by Gasteiger charge is 2.26. The average molecular weight is 256 g/mol. The normalized spacial score (nSPS) is 11.8. The maximum Gasteiger partial charge on any atom is 0.0986 e. The van der Waals surface area contributed by atoms with Crippen molar-refractivity contribution in [3.8, 4) is 0 Å². The molecule has 19 heavy (non-hydrogen) atoms. The van der Waals surface area contributed by atoms with E-state index in [1.54, 1.807) is 0 Å². The predicted molar refractivity (Wildman–Crippen MR) is 77.1 cm³/mol. The van der Waals surface area contributed by atoms with Gasteiger partial charge >= 0.3 is 0 Å². The fourth-order valence-corrected chi connectivity index (χ4v) is 2.33. The number of hydrogen-bond donors (Lipinski definition) is 1. The summed E-state index contributed by atoms with van der Waals surface area (Å²) >= 11 is 0. The predicted octanol–water partition coefficient (Wildman–Crippen LogP) is 4.48. The summed E-state index contributed by atoms with van der Waals surface area (Å²) in [6.45, 7) is 3.79. The van der Waals surface area contributed by atoms with Gasteiger partial charge in [0.15, 0.2) is 0 Å². The largest absolute Gasteiger partial charge is 0.251 e. The third kappa shape index (κ3) is 3.66. The van der Waals surface area contributed by atoms with E-state index in [-0.39, 0.29) is 5.92 Å². The van der Waals surface area contributed by atoms with Crippen LogP contribution in [-0.4, -0.2) is 10.9 Å². The van der Waals surface area contributed by atoms with Crippen molar-refractivity contribution >= 4 is 0 Å². The highest BCUT2D eigenvalue weighted by molar-refractivity contribution is 5.32. The van der Waals surface area contributed by atoms with E-state index in [0.29, 0.717) is 0 Å². The minimum Gasteiger partial charge on any atom is -0.251 e. The first-order valence-corrected chi connectivity index (χ1v) is 6.55. The molecule has 0 atom stereocenters. The summed E-state index contributed by atoms with van der Waals surface area (Å²) in [6.07, 6.45) is 0.720. The third-order valence-electron chi connectivity index (χ3n) is 3.35. The van der Waals surface area contributed by atoms with Crippen molar-refractivity contribution in [2.24, 2.45) is 0 Å². The molecule has 0 aliphatic carbocycles. The molecule has 0 saturated heterocycles. The standard InChI is InChI=1S/C17H20O2/c1-17(2,19-18)13-16(14-9-5-3-6-10-14)15-11-7-4-8-12-15/h3-12,16,18H,13H2,1-2H3. The lowest BCUT2D eigenvalue weighted by atomic mass is 9.83. The molecular formula is C17H20O2. The van der Waals surface area contributed by atoms with Crippen LogP contribution in [0.25, 0.3) is 0 Å². The molecule has 0 spiro atoms. The Bertz CT molecular complexity index is 452. The van der Waals surface area contributed by atoms with Crippen LogP contribution in [-0.2, 0) is 4.89 Å². The molecule has 2 heteroatoms. The molecule has 2 aromatic rings. The Balaban J connectivity index is 2.35. The molecule has 0 aliphatic rings. The molecule has 0 unspecified atom stereocenters. The van der Waals surface area contributed by atoms with Gasteiger partial charge in [0.1, 0.15) is 0 Å². The minimum absolute atomic E-state index is 0.213. The van der Waals surface area contributed by atoms with E-state index in [1.807, 2.05) is 50.2 Å². The zero-order valence-electron chi connectivity index (χ0n) is 11.4. The number of benzene rings is 2. The zero-order valence-corrected chi connectivity index (χ0v) is 11.4. The molecule has 2 nitrogen and oxygen atoms in total. The van der Waals surface area contributed by atoms with Gasteiger partial charge < -0.3 is 0 Å². The Morgan fingerprint density at radius 2 is 1.32 bits per heavy atom. The Labute approximate surface area is 114 Å². The second-order valence-corrected chi connectivity index (χ2v) is 5.43. The number of hydrogen-bond acceptors (Lipinski definition) is 2. The van der Waals surface area contributed by atoms with Gasteiger partial charge in [-0.25, -0.2) is 4.89 Å². The van der Waals surface area contributed by atoms with Crippen LogP contribution in [0.1, 0.15) is 37.3 Å². The Morgan fingerprint density at radius 3 is 1.68 bits per heavy atom. The first kappa shape index (κ1) is 13.8. The van der Waals surface area contributed by atoms with Crippen LogP contribution in [0.15, 0.2) is 60.7 Å². The zero-order chi connectivity index (χ0) is 13.7. The highest BCUT2D eigenvalue weighted by Crippen LogP contribution is 2.33. The van der Waals surface area contributed by atoms with Crippen molar-refractivity contribution in [3.05, 3.63) is 71.8 Å². The molecule has 0 aromatic heterocycles. The van der Waals surface area contributed by atoms with Crippen molar-refractivity contribution in [1.29, 1.82) is 0 Å². The van der Waals surface area contributed by atoms with Crippen LogP contribution in [0, 0.1) is 0 Å². The molecule has 0 fully saturated rings. The van der Waals surface area contributed by atoms with E-state index in [2.05, 4.69) is 29.2 Å². The summed E-state index contributed by atoms with van der Waals surface area (Å²) in [4.78, 5) is 4.61. The van der Waals surface area contributed by atoms with Gasteiger partial charge in [-0.15, -0.1) is 0 Å². The lowest BCUT2D eigenvalue weighted by Gasteiger charge is -2.27. The van der Waals surface area contributed by atoms with Crippen LogP contribution in [0.5, 0.6) is 0 Å². The minimum atomic E-state index is -0.573. The molecular weight excluding hydrogens is 236 g/mol. The van der Waals surface area contributed by atoms with Crippen LogP contribution < -0.4 is 0 Å². The van der Waals surface area contributed by atoms with Gasteiger partial charge in [0.05, 0.1) is 5.60 Å². The van der Waals surface area contributed by atoms with Gasteiger partial charge in [0, 0.05) is 5.92 Å². The SMILES string of the molecule is CC(C)(CC(c1ccccc1)c1ccccc1)OO. The van der Waals surface area contributed by atoms with Gasteiger partial charge in [-0.2, -0.15) is 0 Å². The second kappa shape index (κ2) is 6.00. The van der Waals surface area contributed by atoms with E-state index >= 15 is 0 Å². The molecule has 0 heterocycles. The monoisotopic (exact) mass is 256 g/mol. The molecule has 1 N–H and O–H groups in total. The maximum atomic E-state index is 9.04. The van der Waals surface area contributed by atoms with Gasteiger partial charge in [0.2, 0.25) is 0 Å². The van der Waals surface area contributed by atoms with Gasteiger partial charge in [-0.05, 0) is 31.4 Å². The molecule has 0 aliphatic heterocycles. The van der Waals surface area contributed by atoms with E-state index < -0.39 is 5.60 Å². The molecule has 100 valence electrons. The summed E-state index contributed by atoms with van der Waals surface area (Å²) in [5, 5.41) is 9.04. The van der Waals surface area contributed by atoms with Crippen LogP contribution in [0.3, 0.4) is 0 Å². The number of rotatable bonds is 5. The third-order valence-corrected chi connectivity index (χ3v) is 3.35. The van der Waals surface area contributed by atoms with E-state index in [9.17, 15) is 0 Å². The van der Waals surface area contributed by atoms with E-state index in [1.165, 1.54) is 11.1 Å². The summed E-state index contributed by atoms with van der Waals surface area (Å²) < 4.78 is 0. The van der Waals surface area contributed by atoms with Gasteiger partial charge in [0.25, 0.3) is 0 Å². The maximum absolute atomic E-state index is 9.04. The highest BCUT2D eigenvalue weighted by atomic mass is 17.1. The summed E-state index contributed by atoms with van der Waals surface area (Å²) in [5.74, 6) is 0.213. The summed E-state index contributed by atoms with van der Waals surface area (Å²) in [5.41, 5.74) is 1.90. The van der Waals surface area contributed by atoms with Crippen LogP contribution in [0.2, 0.25) is 0 Å². The smallest absolute Gasteiger partial charge is 0.0986 e. The first-order chi connectivity index (χ1) is 9.12. The van der Waals surface area contributed by atoms with Crippen molar-refractivity contribution in [3.63, 3.8) is 0 Å². The van der Waals surface area contributed by atoms with Crippen molar-refractivity contribution in [2.75, 3.05) is 0 Å². The topological polar surface area (TPSA) is 29.5 Å². The second-order valence-electron chi connectivity index (χ2n) is 5.43. The summed E-state index contributed by atoms with van der Waals surface area (Å²) in [6, 6.07) is 20.7. The average Bonchev–Trinajstić information content (AvgIpc) is 2.47. The van der Waals surface area contributed by atoms with Crippen molar-refractivity contribution in [2.45, 2.75) is 31.8 Å². The van der Waals surface area contributed by atoms with E-state index in [4.69, 9.17) is 5.26 Å². The quantitative estimate of drug-likeness (QED) is 0.631. The Kier molecular flexibility index (Phi) is 4.35. The Morgan fingerprint density at radius 1 is 0.895 bits per heavy atom. The fourth-order valence-electron chi connectivity index (χ4n) is 2.33. The van der Waals surface area contributed by atoms with Gasteiger partial charge in [-0.1, -0.05) is 60.7 Å². The summed E-state index contributed by atoms with van der Waals surface area (Å²) in [7, 11) is 0. The lowest BCUT2D eigenvalue weighted by Crippen LogP contribution is -2.26. The van der Waals surface area contributed by atoms with Crippen molar-refractivity contribution in [1.82, 2.24) is 0 Å². The molecule has 2 aromatic carbocycles. The van der Waals surface area contributed by atoms with Crippen molar-refractivity contribution < 1.29 is 10.1 Å². The first-order valence-electron chi connectivity index (χ1n) is 6.55. The van der Waals surface area contributed by atoms with Gasteiger partial charge in [-0.3, -0.25) is 5.26 Å². The van der Waals surface area contributed by atoms with Crippen LogP contribution in [0.4, 0.5) is 0 Å². The van der Waals surface area contributed by atoms with E-state index in [0.717, 1.165) is 6.42 Å².